The summed E-state index contributed by atoms with van der Waals surface area (Å²) < 4.78 is 5.90. The summed E-state index contributed by atoms with van der Waals surface area (Å²) in [7, 11) is 0. The highest BCUT2D eigenvalue weighted by molar-refractivity contribution is 5.16. The van der Waals surface area contributed by atoms with Gasteiger partial charge < -0.3 is 10.5 Å². The van der Waals surface area contributed by atoms with E-state index in [9.17, 15) is 0 Å². The van der Waals surface area contributed by atoms with Gasteiger partial charge in [-0.25, -0.2) is 0 Å². The molecule has 2 nitrogen and oxygen atoms in total. The number of hydrogen-bond acceptors (Lipinski definition) is 2. The van der Waals surface area contributed by atoms with E-state index >= 15 is 0 Å². The van der Waals surface area contributed by atoms with Gasteiger partial charge in [0.15, 0.2) is 0 Å². The molecule has 2 unspecified atom stereocenters. The second kappa shape index (κ2) is 7.17. The predicted molar refractivity (Wildman–Crippen MR) is 74.1 cm³/mol. The zero-order valence-electron chi connectivity index (χ0n) is 11.8. The third kappa shape index (κ3) is 4.11. The van der Waals surface area contributed by atoms with Gasteiger partial charge in [0.2, 0.25) is 0 Å². The van der Waals surface area contributed by atoms with Crippen molar-refractivity contribution in [3.8, 4) is 0 Å². The largest absolute Gasteiger partial charge is 0.374 e. The van der Waals surface area contributed by atoms with E-state index in [2.05, 4.69) is 19.9 Å². The molecule has 2 heteroatoms. The average molecular weight is 239 g/mol. The summed E-state index contributed by atoms with van der Waals surface area (Å²) >= 11 is 0. The molecule has 0 aromatic heterocycles. The first-order valence-electron chi connectivity index (χ1n) is 7.22. The zero-order chi connectivity index (χ0) is 12.7. The van der Waals surface area contributed by atoms with E-state index in [4.69, 9.17) is 10.5 Å². The number of rotatable bonds is 5. The Morgan fingerprint density at radius 2 is 2.00 bits per heavy atom. The van der Waals surface area contributed by atoms with Gasteiger partial charge in [-0.3, -0.25) is 0 Å². The van der Waals surface area contributed by atoms with Gasteiger partial charge in [-0.05, 0) is 46.0 Å². The van der Waals surface area contributed by atoms with Crippen LogP contribution in [0.2, 0.25) is 0 Å². The van der Waals surface area contributed by atoms with Crippen LogP contribution in [0.1, 0.15) is 65.7 Å². The van der Waals surface area contributed by atoms with Crippen LogP contribution in [-0.4, -0.2) is 18.2 Å². The Labute approximate surface area is 107 Å². The maximum atomic E-state index is 6.45. The Hall–Kier alpha value is -0.340. The molecule has 0 amide bonds. The Balaban J connectivity index is 2.73. The molecule has 0 fully saturated rings. The topological polar surface area (TPSA) is 35.2 Å². The summed E-state index contributed by atoms with van der Waals surface area (Å²) in [6.45, 7) is 7.11. The van der Waals surface area contributed by atoms with Gasteiger partial charge in [0.05, 0.1) is 11.6 Å². The van der Waals surface area contributed by atoms with Crippen LogP contribution in [-0.2, 0) is 4.74 Å². The molecule has 0 bridgehead atoms. The van der Waals surface area contributed by atoms with E-state index in [0.29, 0.717) is 0 Å². The Kier molecular flexibility index (Phi) is 6.21. The fourth-order valence-corrected chi connectivity index (χ4v) is 2.63. The molecule has 0 heterocycles. The summed E-state index contributed by atoms with van der Waals surface area (Å²) in [6.07, 6.45) is 11.0. The van der Waals surface area contributed by atoms with Crippen molar-refractivity contribution in [1.82, 2.24) is 0 Å². The molecule has 0 aromatic carbocycles. The fraction of sp³-hybridized carbons (Fsp3) is 0.867. The molecule has 1 rings (SSSR count). The van der Waals surface area contributed by atoms with E-state index in [1.807, 2.05) is 6.92 Å². The molecule has 0 saturated heterocycles. The van der Waals surface area contributed by atoms with Crippen LogP contribution in [0.3, 0.4) is 0 Å². The van der Waals surface area contributed by atoms with Gasteiger partial charge in [0.1, 0.15) is 0 Å². The molecule has 2 atom stereocenters. The van der Waals surface area contributed by atoms with Gasteiger partial charge in [-0.15, -0.1) is 0 Å². The molecule has 0 aromatic rings. The Morgan fingerprint density at radius 1 is 1.29 bits per heavy atom. The molecular formula is C15H29NO. The predicted octanol–water partition coefficient (Wildman–Crippen LogP) is 3.80. The van der Waals surface area contributed by atoms with Gasteiger partial charge >= 0.3 is 0 Å². The minimum absolute atomic E-state index is 0.0607. The number of hydrogen-bond donors (Lipinski definition) is 1. The zero-order valence-corrected chi connectivity index (χ0v) is 11.8. The molecular weight excluding hydrogens is 210 g/mol. The average Bonchev–Trinajstić information content (AvgIpc) is 2.28. The van der Waals surface area contributed by atoms with Crippen molar-refractivity contribution in [2.24, 2.45) is 5.73 Å². The summed E-state index contributed by atoms with van der Waals surface area (Å²) in [5.74, 6) is 0. The molecule has 0 spiro atoms. The number of ether oxygens (including phenoxy) is 1. The standard InChI is InChI=1S/C15H29NO/c1-4-15(3,17-5-2)14(16)13-11-9-7-6-8-10-12-13/h11,14H,4-10,12,16H2,1-3H3. The lowest BCUT2D eigenvalue weighted by Gasteiger charge is -2.36. The Bertz CT molecular complexity index is 249. The summed E-state index contributed by atoms with van der Waals surface area (Å²) in [4.78, 5) is 0. The van der Waals surface area contributed by atoms with Gasteiger partial charge in [0.25, 0.3) is 0 Å². The number of nitrogens with two attached hydrogens (primary N) is 1. The Morgan fingerprint density at radius 3 is 2.65 bits per heavy atom. The second-order valence-corrected chi connectivity index (χ2v) is 5.31. The molecule has 1 aliphatic carbocycles. The SMILES string of the molecule is CCOC(C)(CC)C(N)C1=CCCCCCC1. The third-order valence-electron chi connectivity index (χ3n) is 4.06. The molecule has 0 saturated carbocycles. The lowest BCUT2D eigenvalue weighted by Crippen LogP contribution is -2.48. The van der Waals surface area contributed by atoms with Gasteiger partial charge in [0, 0.05) is 6.61 Å². The van der Waals surface area contributed by atoms with Crippen LogP contribution in [0.25, 0.3) is 0 Å². The smallest absolute Gasteiger partial charge is 0.0840 e. The lowest BCUT2D eigenvalue weighted by molar-refractivity contribution is -0.0392. The van der Waals surface area contributed by atoms with Crippen LogP contribution < -0.4 is 5.73 Å². The van der Waals surface area contributed by atoms with E-state index < -0.39 is 0 Å². The van der Waals surface area contributed by atoms with E-state index in [1.165, 1.54) is 37.7 Å². The highest BCUT2D eigenvalue weighted by Crippen LogP contribution is 2.28. The van der Waals surface area contributed by atoms with Crippen molar-refractivity contribution in [1.29, 1.82) is 0 Å². The van der Waals surface area contributed by atoms with Crippen molar-refractivity contribution < 1.29 is 4.74 Å². The van der Waals surface area contributed by atoms with Crippen molar-refractivity contribution in [3.63, 3.8) is 0 Å². The molecule has 100 valence electrons. The third-order valence-corrected chi connectivity index (χ3v) is 4.06. The highest BCUT2D eigenvalue weighted by atomic mass is 16.5. The summed E-state index contributed by atoms with van der Waals surface area (Å²) in [5, 5.41) is 0. The minimum Gasteiger partial charge on any atom is -0.374 e. The molecule has 1 aliphatic rings. The lowest BCUT2D eigenvalue weighted by atomic mass is 9.84. The van der Waals surface area contributed by atoms with Crippen molar-refractivity contribution in [2.45, 2.75) is 77.4 Å². The highest BCUT2D eigenvalue weighted by Gasteiger charge is 2.32. The maximum absolute atomic E-state index is 6.45. The molecule has 0 aliphatic heterocycles. The number of allylic oxidation sites excluding steroid dienone is 1. The first kappa shape index (κ1) is 14.7. The molecule has 2 N–H and O–H groups in total. The van der Waals surface area contributed by atoms with Crippen molar-refractivity contribution in [2.75, 3.05) is 6.61 Å². The monoisotopic (exact) mass is 239 g/mol. The van der Waals surface area contributed by atoms with Crippen molar-refractivity contribution >= 4 is 0 Å². The van der Waals surface area contributed by atoms with E-state index in [1.54, 1.807) is 0 Å². The summed E-state index contributed by atoms with van der Waals surface area (Å²) in [6, 6.07) is 0.0607. The molecule has 0 radical (unpaired) electrons. The van der Waals surface area contributed by atoms with Crippen LogP contribution in [0.5, 0.6) is 0 Å². The van der Waals surface area contributed by atoms with Gasteiger partial charge in [-0.1, -0.05) is 31.4 Å². The fourth-order valence-electron chi connectivity index (χ4n) is 2.63. The van der Waals surface area contributed by atoms with Gasteiger partial charge in [-0.2, -0.15) is 0 Å². The first-order chi connectivity index (χ1) is 8.14. The normalized spacial score (nSPS) is 23.2. The van der Waals surface area contributed by atoms with Crippen LogP contribution in [0, 0.1) is 0 Å². The van der Waals surface area contributed by atoms with E-state index in [0.717, 1.165) is 19.4 Å². The second-order valence-electron chi connectivity index (χ2n) is 5.31. The first-order valence-corrected chi connectivity index (χ1v) is 7.22. The summed E-state index contributed by atoms with van der Waals surface area (Å²) in [5.41, 5.74) is 7.68. The van der Waals surface area contributed by atoms with Crippen LogP contribution in [0.15, 0.2) is 11.6 Å². The molecule has 17 heavy (non-hydrogen) atoms. The van der Waals surface area contributed by atoms with Crippen molar-refractivity contribution in [3.05, 3.63) is 11.6 Å². The van der Waals surface area contributed by atoms with Crippen LogP contribution >= 0.6 is 0 Å². The maximum Gasteiger partial charge on any atom is 0.0840 e. The quantitative estimate of drug-likeness (QED) is 0.741. The van der Waals surface area contributed by atoms with E-state index in [-0.39, 0.29) is 11.6 Å². The van der Waals surface area contributed by atoms with Crippen LogP contribution in [0.4, 0.5) is 0 Å². The minimum atomic E-state index is -0.195.